The zero-order valence-electron chi connectivity index (χ0n) is 16.0. The van der Waals surface area contributed by atoms with E-state index in [1.807, 2.05) is 6.07 Å². The first-order valence-corrected chi connectivity index (χ1v) is 10.2. The summed E-state index contributed by atoms with van der Waals surface area (Å²) in [6.45, 7) is 7.89. The van der Waals surface area contributed by atoms with Crippen LogP contribution < -0.4 is 4.74 Å². The number of rotatable bonds is 6. The molecular weight excluding hydrogens is 352 g/mol. The van der Waals surface area contributed by atoms with Crippen LogP contribution >= 0.6 is 11.3 Å². The van der Waals surface area contributed by atoms with Gasteiger partial charge in [-0.2, -0.15) is 0 Å². The van der Waals surface area contributed by atoms with Gasteiger partial charge in [-0.3, -0.25) is 0 Å². The Bertz CT molecular complexity index is 1050. The van der Waals surface area contributed by atoms with Crippen molar-refractivity contribution in [3.05, 3.63) is 71.1 Å². The lowest BCUT2D eigenvalue weighted by Gasteiger charge is -2.16. The topological polar surface area (TPSA) is 27.1 Å². The summed E-state index contributed by atoms with van der Waals surface area (Å²) in [7, 11) is 0. The fourth-order valence-corrected chi connectivity index (χ4v) is 4.11. The van der Waals surface area contributed by atoms with Gasteiger partial charge in [0.2, 0.25) is 0 Å². The number of benzene rings is 2. The first-order chi connectivity index (χ1) is 13.1. The third kappa shape index (κ3) is 3.62. The van der Waals surface area contributed by atoms with Crippen molar-refractivity contribution in [2.75, 3.05) is 6.61 Å². The monoisotopic (exact) mass is 376 g/mol. The molecule has 0 bridgehead atoms. The molecule has 0 aliphatic carbocycles. The van der Waals surface area contributed by atoms with Crippen LogP contribution in [0.2, 0.25) is 0 Å². The maximum absolute atomic E-state index is 6.23. The van der Waals surface area contributed by atoms with E-state index in [1.54, 1.807) is 11.3 Å². The summed E-state index contributed by atoms with van der Waals surface area (Å²) in [4.78, 5) is 6.04. The number of imidazole rings is 1. The predicted molar refractivity (Wildman–Crippen MR) is 114 cm³/mol. The molecule has 0 aliphatic heterocycles. The molecule has 0 amide bonds. The number of aromatic nitrogens is 2. The van der Waals surface area contributed by atoms with Crippen molar-refractivity contribution >= 4 is 22.4 Å². The van der Waals surface area contributed by atoms with Gasteiger partial charge in [0.15, 0.2) is 5.82 Å². The summed E-state index contributed by atoms with van der Waals surface area (Å²) in [6, 6.07) is 19.0. The maximum atomic E-state index is 6.23. The fraction of sp³-hybridized carbons (Fsp3) is 0.261. The zero-order chi connectivity index (χ0) is 18.8. The SMILES string of the molecule is Cc1ccc(C(C)C)c(OCCn2c(-c3cccs3)nc3ccccc32)c1. The average Bonchev–Trinajstić information content (AvgIpc) is 3.29. The lowest BCUT2D eigenvalue weighted by molar-refractivity contribution is 0.297. The second kappa shape index (κ2) is 7.57. The zero-order valence-corrected chi connectivity index (χ0v) is 16.8. The minimum Gasteiger partial charge on any atom is -0.491 e. The van der Waals surface area contributed by atoms with Gasteiger partial charge in [-0.05, 0) is 53.6 Å². The van der Waals surface area contributed by atoms with Crippen molar-refractivity contribution in [1.29, 1.82) is 0 Å². The van der Waals surface area contributed by atoms with Crippen LogP contribution in [0.25, 0.3) is 21.7 Å². The van der Waals surface area contributed by atoms with Crippen LogP contribution in [0, 0.1) is 6.92 Å². The Morgan fingerprint density at radius 3 is 2.70 bits per heavy atom. The Morgan fingerprint density at radius 2 is 1.93 bits per heavy atom. The first-order valence-electron chi connectivity index (χ1n) is 9.36. The highest BCUT2D eigenvalue weighted by Gasteiger charge is 2.14. The van der Waals surface area contributed by atoms with E-state index in [1.165, 1.54) is 16.0 Å². The van der Waals surface area contributed by atoms with Crippen LogP contribution in [-0.4, -0.2) is 16.2 Å². The van der Waals surface area contributed by atoms with Crippen molar-refractivity contribution in [3.8, 4) is 16.5 Å². The summed E-state index contributed by atoms with van der Waals surface area (Å²) in [6.07, 6.45) is 0. The number of para-hydroxylation sites is 2. The standard InChI is InChI=1S/C23H24N2OS/c1-16(2)18-11-10-17(3)15-21(18)26-13-12-25-20-8-5-4-7-19(20)24-23(25)22-9-6-14-27-22/h4-11,14-16H,12-13H2,1-3H3. The van der Waals surface area contributed by atoms with Crippen LogP contribution in [0.4, 0.5) is 0 Å². The van der Waals surface area contributed by atoms with Gasteiger partial charge in [0.05, 0.1) is 22.5 Å². The molecule has 2 aromatic carbocycles. The van der Waals surface area contributed by atoms with Crippen LogP contribution in [0.1, 0.15) is 30.9 Å². The van der Waals surface area contributed by atoms with Crippen LogP contribution in [0.3, 0.4) is 0 Å². The number of thiophene rings is 1. The molecule has 0 atom stereocenters. The van der Waals surface area contributed by atoms with Gasteiger partial charge < -0.3 is 9.30 Å². The quantitative estimate of drug-likeness (QED) is 0.396. The molecule has 138 valence electrons. The van der Waals surface area contributed by atoms with Gasteiger partial charge in [0, 0.05) is 0 Å². The normalized spacial score (nSPS) is 11.4. The molecule has 4 aromatic rings. The number of aryl methyl sites for hydroxylation is 1. The minimum atomic E-state index is 0.441. The van der Waals surface area contributed by atoms with E-state index >= 15 is 0 Å². The van der Waals surface area contributed by atoms with E-state index in [4.69, 9.17) is 9.72 Å². The molecule has 0 aliphatic rings. The molecule has 3 nitrogen and oxygen atoms in total. The molecule has 0 N–H and O–H groups in total. The number of fused-ring (bicyclic) bond motifs is 1. The van der Waals surface area contributed by atoms with Gasteiger partial charge in [0.25, 0.3) is 0 Å². The molecule has 4 heteroatoms. The van der Waals surface area contributed by atoms with Crippen molar-refractivity contribution in [1.82, 2.24) is 9.55 Å². The van der Waals surface area contributed by atoms with Gasteiger partial charge in [-0.15, -0.1) is 11.3 Å². The number of ether oxygens (including phenoxy) is 1. The van der Waals surface area contributed by atoms with Crippen molar-refractivity contribution in [2.45, 2.75) is 33.2 Å². The fourth-order valence-electron chi connectivity index (χ4n) is 3.39. The molecule has 2 aromatic heterocycles. The summed E-state index contributed by atoms with van der Waals surface area (Å²) in [5.41, 5.74) is 4.66. The van der Waals surface area contributed by atoms with E-state index in [0.717, 1.165) is 29.2 Å². The smallest absolute Gasteiger partial charge is 0.151 e. The Balaban J connectivity index is 1.62. The van der Waals surface area contributed by atoms with Crippen molar-refractivity contribution in [2.24, 2.45) is 0 Å². The molecule has 0 saturated heterocycles. The van der Waals surface area contributed by atoms with E-state index < -0.39 is 0 Å². The molecule has 2 heterocycles. The molecule has 0 fully saturated rings. The highest BCUT2D eigenvalue weighted by Crippen LogP contribution is 2.30. The second-order valence-corrected chi connectivity index (χ2v) is 8.05. The molecular formula is C23H24N2OS. The largest absolute Gasteiger partial charge is 0.491 e. The maximum Gasteiger partial charge on any atom is 0.151 e. The van der Waals surface area contributed by atoms with Gasteiger partial charge >= 0.3 is 0 Å². The third-order valence-corrected chi connectivity index (χ3v) is 5.63. The molecule has 0 unspecified atom stereocenters. The Morgan fingerprint density at radius 1 is 1.07 bits per heavy atom. The van der Waals surface area contributed by atoms with E-state index in [-0.39, 0.29) is 0 Å². The van der Waals surface area contributed by atoms with E-state index in [0.29, 0.717) is 12.5 Å². The van der Waals surface area contributed by atoms with Crippen LogP contribution in [0.15, 0.2) is 60.0 Å². The van der Waals surface area contributed by atoms with Crippen molar-refractivity contribution < 1.29 is 4.74 Å². The van der Waals surface area contributed by atoms with Gasteiger partial charge in [-0.1, -0.05) is 44.2 Å². The Hall–Kier alpha value is -2.59. The Kier molecular flexibility index (Phi) is 4.99. The van der Waals surface area contributed by atoms with E-state index in [9.17, 15) is 0 Å². The third-order valence-electron chi connectivity index (χ3n) is 4.76. The highest BCUT2D eigenvalue weighted by molar-refractivity contribution is 7.13. The van der Waals surface area contributed by atoms with E-state index in [2.05, 4.69) is 79.2 Å². The molecule has 0 saturated carbocycles. The second-order valence-electron chi connectivity index (χ2n) is 7.10. The molecule has 0 spiro atoms. The summed E-state index contributed by atoms with van der Waals surface area (Å²) in [5.74, 6) is 2.45. The minimum absolute atomic E-state index is 0.441. The highest BCUT2D eigenvalue weighted by atomic mass is 32.1. The lowest BCUT2D eigenvalue weighted by atomic mass is 10.0. The summed E-state index contributed by atoms with van der Waals surface area (Å²) < 4.78 is 8.50. The summed E-state index contributed by atoms with van der Waals surface area (Å²) >= 11 is 1.72. The lowest BCUT2D eigenvalue weighted by Crippen LogP contribution is -2.10. The average molecular weight is 377 g/mol. The molecule has 4 rings (SSSR count). The predicted octanol–water partition coefficient (Wildman–Crippen LogP) is 6.28. The molecule has 0 radical (unpaired) electrons. The van der Waals surface area contributed by atoms with Gasteiger partial charge in [0.1, 0.15) is 12.4 Å². The number of hydrogen-bond donors (Lipinski definition) is 0. The molecule has 27 heavy (non-hydrogen) atoms. The van der Waals surface area contributed by atoms with Crippen LogP contribution in [0.5, 0.6) is 5.75 Å². The van der Waals surface area contributed by atoms with Gasteiger partial charge in [-0.25, -0.2) is 4.98 Å². The first kappa shape index (κ1) is 17.8. The number of nitrogens with zero attached hydrogens (tertiary/aromatic N) is 2. The summed E-state index contributed by atoms with van der Waals surface area (Å²) in [5, 5.41) is 2.09. The van der Waals surface area contributed by atoms with Crippen molar-refractivity contribution in [3.63, 3.8) is 0 Å². The van der Waals surface area contributed by atoms with Crippen LogP contribution in [-0.2, 0) is 6.54 Å². The number of hydrogen-bond acceptors (Lipinski definition) is 3. The Labute approximate surface area is 164 Å².